The fourth-order valence-electron chi connectivity index (χ4n) is 1.17. The molecule has 2 nitrogen and oxygen atoms in total. The maximum Gasteiger partial charge on any atom is 0.389 e. The van der Waals surface area contributed by atoms with Crippen LogP contribution in [0.2, 0.25) is 5.02 Å². The Kier molecular flexibility index (Phi) is 5.08. The van der Waals surface area contributed by atoms with E-state index in [-0.39, 0.29) is 13.0 Å². The molecule has 0 saturated heterocycles. The minimum Gasteiger partial charge on any atom is -0.492 e. The summed E-state index contributed by atoms with van der Waals surface area (Å²) in [6, 6.07) is 5.92. The third kappa shape index (κ3) is 6.38. The lowest BCUT2D eigenvalue weighted by molar-refractivity contribution is -0.136. The highest BCUT2D eigenvalue weighted by atomic mass is 35.5. The molecule has 6 heteroatoms. The smallest absolute Gasteiger partial charge is 0.389 e. The molecule has 0 aliphatic carbocycles. The van der Waals surface area contributed by atoms with Crippen LogP contribution in [-0.2, 0) is 0 Å². The molecule has 0 fully saturated rings. The summed E-state index contributed by atoms with van der Waals surface area (Å²) in [5.41, 5.74) is 5.51. The van der Waals surface area contributed by atoms with Crippen LogP contribution in [0.4, 0.5) is 13.2 Å². The molecule has 0 aromatic heterocycles. The molecule has 1 atom stereocenters. The second-order valence-electron chi connectivity index (χ2n) is 3.68. The van der Waals surface area contributed by atoms with Crippen LogP contribution in [-0.4, -0.2) is 18.8 Å². The van der Waals surface area contributed by atoms with Crippen LogP contribution in [0.15, 0.2) is 24.3 Å². The predicted molar refractivity (Wildman–Crippen MR) is 60.2 cm³/mol. The fourth-order valence-corrected chi connectivity index (χ4v) is 1.29. The van der Waals surface area contributed by atoms with Crippen molar-refractivity contribution in [1.29, 1.82) is 0 Å². The highest BCUT2D eigenvalue weighted by molar-refractivity contribution is 6.30. The number of ether oxygens (including phenoxy) is 1. The molecule has 96 valence electrons. The molecule has 1 aromatic rings. The molecule has 1 unspecified atom stereocenters. The van der Waals surface area contributed by atoms with Gasteiger partial charge in [0.15, 0.2) is 0 Å². The molecule has 1 rings (SSSR count). The Labute approximate surface area is 103 Å². The second kappa shape index (κ2) is 6.12. The average molecular weight is 268 g/mol. The lowest BCUT2D eigenvalue weighted by Crippen LogP contribution is -2.29. The molecule has 1 aromatic carbocycles. The topological polar surface area (TPSA) is 35.2 Å². The first-order valence-corrected chi connectivity index (χ1v) is 5.45. The van der Waals surface area contributed by atoms with E-state index in [4.69, 9.17) is 22.1 Å². The molecule has 0 aliphatic rings. The van der Waals surface area contributed by atoms with Crippen molar-refractivity contribution < 1.29 is 17.9 Å². The van der Waals surface area contributed by atoms with Crippen molar-refractivity contribution in [3.8, 4) is 5.75 Å². The average Bonchev–Trinajstić information content (AvgIpc) is 2.25. The Morgan fingerprint density at radius 3 is 2.35 bits per heavy atom. The van der Waals surface area contributed by atoms with Gasteiger partial charge in [-0.1, -0.05) is 11.6 Å². The molecular formula is C11H13ClF3NO. The van der Waals surface area contributed by atoms with Gasteiger partial charge in [0.25, 0.3) is 0 Å². The van der Waals surface area contributed by atoms with E-state index >= 15 is 0 Å². The van der Waals surface area contributed by atoms with Gasteiger partial charge in [-0.2, -0.15) is 13.2 Å². The standard InChI is InChI=1S/C11H13ClF3NO/c12-8-1-3-10(4-2-8)17-7-9(16)5-6-11(13,14)15/h1-4,9H,5-7,16H2. The summed E-state index contributed by atoms with van der Waals surface area (Å²) >= 11 is 5.67. The molecule has 0 amide bonds. The number of benzene rings is 1. The number of alkyl halides is 3. The third-order valence-corrected chi connectivity index (χ3v) is 2.33. The van der Waals surface area contributed by atoms with Crippen LogP contribution in [0.3, 0.4) is 0 Å². The number of rotatable bonds is 5. The van der Waals surface area contributed by atoms with E-state index in [0.717, 1.165) is 0 Å². The van der Waals surface area contributed by atoms with Crippen LogP contribution in [0, 0.1) is 0 Å². The van der Waals surface area contributed by atoms with Gasteiger partial charge in [0, 0.05) is 17.5 Å². The first-order chi connectivity index (χ1) is 7.87. The van der Waals surface area contributed by atoms with E-state index in [1.54, 1.807) is 24.3 Å². The molecule has 0 heterocycles. The lowest BCUT2D eigenvalue weighted by Gasteiger charge is -2.14. The number of halogens is 4. The molecular weight excluding hydrogens is 255 g/mol. The van der Waals surface area contributed by atoms with Gasteiger partial charge < -0.3 is 10.5 Å². The third-order valence-electron chi connectivity index (χ3n) is 2.08. The van der Waals surface area contributed by atoms with Gasteiger partial charge in [0.2, 0.25) is 0 Å². The van der Waals surface area contributed by atoms with E-state index in [1.807, 2.05) is 0 Å². The zero-order valence-corrected chi connectivity index (χ0v) is 9.76. The maximum atomic E-state index is 11.9. The number of nitrogens with two attached hydrogens (primary N) is 1. The summed E-state index contributed by atoms with van der Waals surface area (Å²) < 4.78 is 41.0. The quantitative estimate of drug-likeness (QED) is 0.887. The number of hydrogen-bond donors (Lipinski definition) is 1. The van der Waals surface area contributed by atoms with Crippen LogP contribution < -0.4 is 10.5 Å². The summed E-state index contributed by atoms with van der Waals surface area (Å²) in [6.45, 7) is 0.0533. The zero-order chi connectivity index (χ0) is 12.9. The molecule has 0 aliphatic heterocycles. The molecule has 0 bridgehead atoms. The SMILES string of the molecule is NC(CCC(F)(F)F)COc1ccc(Cl)cc1. The zero-order valence-electron chi connectivity index (χ0n) is 9.01. The summed E-state index contributed by atoms with van der Waals surface area (Å²) in [5.74, 6) is 0.539. The highest BCUT2D eigenvalue weighted by Crippen LogP contribution is 2.22. The van der Waals surface area contributed by atoms with Crippen molar-refractivity contribution >= 4 is 11.6 Å². The Bertz CT molecular complexity index is 340. The van der Waals surface area contributed by atoms with E-state index in [1.165, 1.54) is 0 Å². The van der Waals surface area contributed by atoms with Crippen molar-refractivity contribution in [2.45, 2.75) is 25.1 Å². The second-order valence-corrected chi connectivity index (χ2v) is 4.12. The van der Waals surface area contributed by atoms with E-state index in [9.17, 15) is 13.2 Å². The molecule has 0 radical (unpaired) electrons. The molecule has 0 spiro atoms. The summed E-state index contributed by atoms with van der Waals surface area (Å²) in [5, 5.41) is 0.568. The van der Waals surface area contributed by atoms with Gasteiger partial charge in [-0.15, -0.1) is 0 Å². The van der Waals surface area contributed by atoms with Crippen molar-refractivity contribution in [2.75, 3.05) is 6.61 Å². The first kappa shape index (κ1) is 14.1. The Morgan fingerprint density at radius 1 is 1.24 bits per heavy atom. The van der Waals surface area contributed by atoms with Crippen LogP contribution in [0.1, 0.15) is 12.8 Å². The van der Waals surface area contributed by atoms with Crippen molar-refractivity contribution in [3.05, 3.63) is 29.3 Å². The minimum absolute atomic E-state index is 0.0533. The Hall–Kier alpha value is -0.940. The summed E-state index contributed by atoms with van der Waals surface area (Å²) in [7, 11) is 0. The van der Waals surface area contributed by atoms with Crippen LogP contribution >= 0.6 is 11.6 Å². The Morgan fingerprint density at radius 2 is 1.82 bits per heavy atom. The van der Waals surface area contributed by atoms with E-state index < -0.39 is 18.6 Å². The van der Waals surface area contributed by atoms with E-state index in [2.05, 4.69) is 0 Å². The largest absolute Gasteiger partial charge is 0.492 e. The fraction of sp³-hybridized carbons (Fsp3) is 0.455. The van der Waals surface area contributed by atoms with Gasteiger partial charge in [0.1, 0.15) is 12.4 Å². The molecule has 0 saturated carbocycles. The Balaban J connectivity index is 2.28. The predicted octanol–water partition coefficient (Wildman–Crippen LogP) is 3.39. The molecule has 17 heavy (non-hydrogen) atoms. The van der Waals surface area contributed by atoms with Gasteiger partial charge in [-0.25, -0.2) is 0 Å². The lowest BCUT2D eigenvalue weighted by atomic mass is 10.2. The van der Waals surface area contributed by atoms with E-state index in [0.29, 0.717) is 10.8 Å². The van der Waals surface area contributed by atoms with Crippen LogP contribution in [0.25, 0.3) is 0 Å². The normalized spacial score (nSPS) is 13.5. The maximum absolute atomic E-state index is 11.9. The van der Waals surface area contributed by atoms with Gasteiger partial charge in [0.05, 0.1) is 0 Å². The number of hydrogen-bond acceptors (Lipinski definition) is 2. The van der Waals surface area contributed by atoms with Crippen molar-refractivity contribution in [2.24, 2.45) is 5.73 Å². The van der Waals surface area contributed by atoms with Gasteiger partial charge in [-0.05, 0) is 30.7 Å². The summed E-state index contributed by atoms with van der Waals surface area (Å²) in [4.78, 5) is 0. The first-order valence-electron chi connectivity index (χ1n) is 5.07. The molecule has 2 N–H and O–H groups in total. The summed E-state index contributed by atoms with van der Waals surface area (Å²) in [6.07, 6.45) is -5.20. The monoisotopic (exact) mass is 267 g/mol. The van der Waals surface area contributed by atoms with Gasteiger partial charge in [-0.3, -0.25) is 0 Å². The van der Waals surface area contributed by atoms with Crippen LogP contribution in [0.5, 0.6) is 5.75 Å². The highest BCUT2D eigenvalue weighted by Gasteiger charge is 2.27. The van der Waals surface area contributed by atoms with Crippen molar-refractivity contribution in [3.63, 3.8) is 0 Å². The van der Waals surface area contributed by atoms with Gasteiger partial charge >= 0.3 is 6.18 Å². The minimum atomic E-state index is -4.17. The van der Waals surface area contributed by atoms with Crippen molar-refractivity contribution in [1.82, 2.24) is 0 Å².